The van der Waals surface area contributed by atoms with Crippen molar-refractivity contribution in [2.45, 2.75) is 24.8 Å². The van der Waals surface area contributed by atoms with E-state index in [9.17, 15) is 0 Å². The summed E-state index contributed by atoms with van der Waals surface area (Å²) in [6.45, 7) is 2.91. The molecule has 0 aliphatic carbocycles. The van der Waals surface area contributed by atoms with E-state index in [1.807, 2.05) is 25.0 Å². The Hall–Kier alpha value is -1.61. The largest absolute Gasteiger partial charge is 0.355 e. The number of nitrogens with one attached hydrogen (secondary N) is 1. The molecule has 0 saturated carbocycles. The molecule has 0 bridgehead atoms. The minimum atomic E-state index is 0. The van der Waals surface area contributed by atoms with Crippen molar-refractivity contribution in [1.29, 1.82) is 0 Å². The van der Waals surface area contributed by atoms with E-state index in [2.05, 4.69) is 75.8 Å². The molecule has 1 aliphatic rings. The molecule has 1 aromatic carbocycles. The number of likely N-dealkylation sites (N-methyl/N-ethyl adjacent to an activating group) is 1. The van der Waals surface area contributed by atoms with E-state index in [4.69, 9.17) is 0 Å². The summed E-state index contributed by atoms with van der Waals surface area (Å²) in [5, 5.41) is 7.92. The van der Waals surface area contributed by atoms with Crippen LogP contribution in [0.2, 0.25) is 0 Å². The Morgan fingerprint density at radius 1 is 1.32 bits per heavy atom. The zero-order chi connectivity index (χ0) is 19.2. The first kappa shape index (κ1) is 22.7. The van der Waals surface area contributed by atoms with Gasteiger partial charge in [0.25, 0.3) is 0 Å². The minimum absolute atomic E-state index is 0. The maximum absolute atomic E-state index is 4.53. The SMILES string of the molecule is CN=C(NCC(Cc1ccccc1)N(C)C)N1CCC(c2cnn(C)c2)C1.I. The van der Waals surface area contributed by atoms with Crippen LogP contribution in [0.25, 0.3) is 0 Å². The Kier molecular flexibility index (Phi) is 8.75. The number of guanidine groups is 1. The van der Waals surface area contributed by atoms with Crippen molar-refractivity contribution in [1.82, 2.24) is 24.9 Å². The second-order valence-electron chi connectivity index (χ2n) is 7.61. The molecule has 2 atom stereocenters. The van der Waals surface area contributed by atoms with Gasteiger partial charge in [0.1, 0.15) is 0 Å². The molecule has 2 heterocycles. The van der Waals surface area contributed by atoms with Gasteiger partial charge >= 0.3 is 0 Å². The lowest BCUT2D eigenvalue weighted by Crippen LogP contribution is -2.47. The fraction of sp³-hybridized carbons (Fsp3) is 0.524. The molecule has 1 aliphatic heterocycles. The van der Waals surface area contributed by atoms with E-state index in [1.54, 1.807) is 0 Å². The van der Waals surface area contributed by atoms with Crippen LogP contribution in [-0.4, -0.2) is 72.4 Å². The van der Waals surface area contributed by atoms with E-state index in [0.29, 0.717) is 12.0 Å². The summed E-state index contributed by atoms with van der Waals surface area (Å²) in [6, 6.07) is 11.1. The summed E-state index contributed by atoms with van der Waals surface area (Å²) in [4.78, 5) is 9.19. The number of aryl methyl sites for hydroxylation is 1. The molecule has 28 heavy (non-hydrogen) atoms. The van der Waals surface area contributed by atoms with Crippen LogP contribution in [0.3, 0.4) is 0 Å². The molecule has 0 radical (unpaired) electrons. The highest BCUT2D eigenvalue weighted by molar-refractivity contribution is 14.0. The molecule has 0 spiro atoms. The van der Waals surface area contributed by atoms with Gasteiger partial charge < -0.3 is 15.1 Å². The van der Waals surface area contributed by atoms with E-state index < -0.39 is 0 Å². The number of halogens is 1. The molecule has 3 rings (SSSR count). The lowest BCUT2D eigenvalue weighted by molar-refractivity contribution is 0.288. The second-order valence-corrected chi connectivity index (χ2v) is 7.61. The zero-order valence-electron chi connectivity index (χ0n) is 17.4. The monoisotopic (exact) mass is 496 g/mol. The number of hydrogen-bond donors (Lipinski definition) is 1. The lowest BCUT2D eigenvalue weighted by atomic mass is 10.0. The number of likely N-dealkylation sites (tertiary alicyclic amines) is 1. The van der Waals surface area contributed by atoms with Gasteiger partial charge in [0, 0.05) is 51.9 Å². The van der Waals surface area contributed by atoms with Gasteiger partial charge in [-0.05, 0) is 38.1 Å². The smallest absolute Gasteiger partial charge is 0.193 e. The fourth-order valence-corrected chi connectivity index (χ4v) is 3.74. The van der Waals surface area contributed by atoms with Crippen molar-refractivity contribution in [3.63, 3.8) is 0 Å². The third-order valence-electron chi connectivity index (χ3n) is 5.44. The van der Waals surface area contributed by atoms with Gasteiger partial charge in [0.15, 0.2) is 5.96 Å². The number of hydrogen-bond acceptors (Lipinski definition) is 3. The Bertz CT molecular complexity index is 742. The van der Waals surface area contributed by atoms with Crippen LogP contribution >= 0.6 is 24.0 Å². The summed E-state index contributed by atoms with van der Waals surface area (Å²) in [6.07, 6.45) is 6.29. The Labute approximate surface area is 186 Å². The van der Waals surface area contributed by atoms with Gasteiger partial charge in [-0.2, -0.15) is 5.10 Å². The van der Waals surface area contributed by atoms with Crippen molar-refractivity contribution < 1.29 is 0 Å². The van der Waals surface area contributed by atoms with Gasteiger partial charge in [-0.15, -0.1) is 24.0 Å². The molecule has 154 valence electrons. The lowest BCUT2D eigenvalue weighted by Gasteiger charge is -2.28. The van der Waals surface area contributed by atoms with Crippen LogP contribution in [-0.2, 0) is 13.5 Å². The maximum atomic E-state index is 4.53. The van der Waals surface area contributed by atoms with Gasteiger partial charge in [0.2, 0.25) is 0 Å². The zero-order valence-corrected chi connectivity index (χ0v) is 19.7. The highest BCUT2D eigenvalue weighted by atomic mass is 127. The van der Waals surface area contributed by atoms with E-state index >= 15 is 0 Å². The second kappa shape index (κ2) is 10.8. The topological polar surface area (TPSA) is 48.7 Å². The summed E-state index contributed by atoms with van der Waals surface area (Å²) < 4.78 is 1.89. The molecule has 2 aromatic rings. The fourth-order valence-electron chi connectivity index (χ4n) is 3.74. The van der Waals surface area contributed by atoms with Gasteiger partial charge in [-0.1, -0.05) is 30.3 Å². The molecular formula is C21H33IN6. The van der Waals surface area contributed by atoms with Crippen LogP contribution < -0.4 is 5.32 Å². The third kappa shape index (κ3) is 5.94. The summed E-state index contributed by atoms with van der Waals surface area (Å²) in [5.41, 5.74) is 2.69. The number of aliphatic imine (C=N–C) groups is 1. The molecule has 6 nitrogen and oxygen atoms in total. The minimum Gasteiger partial charge on any atom is -0.355 e. The van der Waals surface area contributed by atoms with Crippen LogP contribution in [0, 0.1) is 0 Å². The van der Waals surface area contributed by atoms with E-state index in [0.717, 1.165) is 38.4 Å². The van der Waals surface area contributed by atoms with Crippen molar-refractivity contribution in [2.24, 2.45) is 12.0 Å². The van der Waals surface area contributed by atoms with Crippen LogP contribution in [0.15, 0.2) is 47.7 Å². The van der Waals surface area contributed by atoms with Crippen molar-refractivity contribution >= 4 is 29.9 Å². The van der Waals surface area contributed by atoms with E-state index in [1.165, 1.54) is 11.1 Å². The predicted octanol–water partition coefficient (Wildman–Crippen LogP) is 2.58. The average molecular weight is 496 g/mol. The first-order valence-electron chi connectivity index (χ1n) is 9.71. The van der Waals surface area contributed by atoms with Gasteiger partial charge in [-0.3, -0.25) is 9.67 Å². The standard InChI is InChI=1S/C21H32N6.HI/c1-22-21(27-11-10-18(16-27)19-13-24-26(4)15-19)23-14-20(25(2)3)12-17-8-6-5-7-9-17;/h5-9,13,15,18,20H,10-12,14,16H2,1-4H3,(H,22,23);1H. The molecule has 1 aromatic heterocycles. The highest BCUT2D eigenvalue weighted by Crippen LogP contribution is 2.26. The molecule has 1 N–H and O–H groups in total. The number of benzene rings is 1. The predicted molar refractivity (Wildman–Crippen MR) is 127 cm³/mol. The quantitative estimate of drug-likeness (QED) is 0.380. The normalized spacial score (nSPS) is 18.2. The van der Waals surface area contributed by atoms with Gasteiger partial charge in [-0.25, -0.2) is 0 Å². The number of nitrogens with zero attached hydrogens (tertiary/aromatic N) is 5. The molecule has 2 unspecified atom stereocenters. The highest BCUT2D eigenvalue weighted by Gasteiger charge is 2.27. The van der Waals surface area contributed by atoms with Crippen LogP contribution in [0.1, 0.15) is 23.5 Å². The van der Waals surface area contributed by atoms with Crippen molar-refractivity contribution in [3.8, 4) is 0 Å². The van der Waals surface area contributed by atoms with Crippen LogP contribution in [0.5, 0.6) is 0 Å². The molecular weight excluding hydrogens is 463 g/mol. The van der Waals surface area contributed by atoms with Gasteiger partial charge in [0.05, 0.1) is 6.20 Å². The summed E-state index contributed by atoms with van der Waals surface area (Å²) in [7, 11) is 8.14. The molecule has 1 saturated heterocycles. The average Bonchev–Trinajstić information content (AvgIpc) is 3.31. The Balaban J connectivity index is 0.00000280. The summed E-state index contributed by atoms with van der Waals surface area (Å²) in [5.74, 6) is 1.53. The summed E-state index contributed by atoms with van der Waals surface area (Å²) >= 11 is 0. The number of aromatic nitrogens is 2. The Morgan fingerprint density at radius 3 is 2.68 bits per heavy atom. The molecule has 1 fully saturated rings. The molecule has 7 heteroatoms. The van der Waals surface area contributed by atoms with Crippen LogP contribution in [0.4, 0.5) is 0 Å². The third-order valence-corrected chi connectivity index (χ3v) is 5.44. The van der Waals surface area contributed by atoms with Crippen molar-refractivity contribution in [2.75, 3.05) is 40.8 Å². The number of rotatable bonds is 6. The molecule has 0 amide bonds. The Morgan fingerprint density at radius 2 is 2.07 bits per heavy atom. The van der Waals surface area contributed by atoms with Crippen molar-refractivity contribution in [3.05, 3.63) is 53.9 Å². The first-order valence-corrected chi connectivity index (χ1v) is 9.71. The maximum Gasteiger partial charge on any atom is 0.193 e. The van der Waals surface area contributed by atoms with E-state index in [-0.39, 0.29) is 24.0 Å². The first-order chi connectivity index (χ1) is 13.1.